The van der Waals surface area contributed by atoms with E-state index in [9.17, 15) is 22.0 Å². The molecule has 1 heterocycles. The second-order valence-electron chi connectivity index (χ2n) is 6.11. The zero-order chi connectivity index (χ0) is 19.6. The first-order valence-corrected chi connectivity index (χ1v) is 10.1. The Morgan fingerprint density at radius 2 is 1.67 bits per heavy atom. The molecular formula is C18H17ClF2N2O3S. The molecule has 1 amide bonds. The Bertz CT molecular complexity index is 952. The molecule has 3 rings (SSSR count). The first-order chi connectivity index (χ1) is 12.8. The number of amides is 1. The van der Waals surface area contributed by atoms with Crippen LogP contribution in [0.5, 0.6) is 0 Å². The van der Waals surface area contributed by atoms with Crippen molar-refractivity contribution < 1.29 is 22.0 Å². The maximum atomic E-state index is 14.2. The first-order valence-electron chi connectivity index (χ1n) is 8.30. The molecule has 9 heteroatoms. The van der Waals surface area contributed by atoms with Gasteiger partial charge in [-0.05, 0) is 42.8 Å². The number of hydrogen-bond acceptors (Lipinski definition) is 3. The Kier molecular flexibility index (Phi) is 5.78. The van der Waals surface area contributed by atoms with Crippen LogP contribution in [-0.4, -0.2) is 49.7 Å². The minimum absolute atomic E-state index is 0.0290. The molecule has 0 N–H and O–H groups in total. The third-order valence-electron chi connectivity index (χ3n) is 4.37. The van der Waals surface area contributed by atoms with Crippen LogP contribution in [0, 0.1) is 11.6 Å². The van der Waals surface area contributed by atoms with E-state index < -0.39 is 26.6 Å². The second-order valence-corrected chi connectivity index (χ2v) is 8.42. The molecule has 2 aromatic rings. The van der Waals surface area contributed by atoms with E-state index in [1.54, 1.807) is 0 Å². The Morgan fingerprint density at radius 3 is 2.37 bits per heavy atom. The summed E-state index contributed by atoms with van der Waals surface area (Å²) in [4.78, 5) is 13.6. The molecule has 0 atom stereocenters. The van der Waals surface area contributed by atoms with Gasteiger partial charge in [-0.25, -0.2) is 17.2 Å². The maximum Gasteiger partial charge on any atom is 0.253 e. The van der Waals surface area contributed by atoms with Crippen molar-refractivity contribution in [1.82, 2.24) is 9.21 Å². The van der Waals surface area contributed by atoms with E-state index in [2.05, 4.69) is 0 Å². The molecule has 0 unspecified atom stereocenters. The van der Waals surface area contributed by atoms with Crippen LogP contribution in [-0.2, 0) is 10.0 Å². The average molecular weight is 415 g/mol. The molecule has 0 aromatic heterocycles. The number of sulfonamides is 1. The lowest BCUT2D eigenvalue weighted by atomic mass is 10.2. The molecule has 5 nitrogen and oxygen atoms in total. The van der Waals surface area contributed by atoms with Crippen LogP contribution in [0.3, 0.4) is 0 Å². The summed E-state index contributed by atoms with van der Waals surface area (Å²) in [5.74, 6) is -1.73. The molecule has 27 heavy (non-hydrogen) atoms. The van der Waals surface area contributed by atoms with E-state index in [1.165, 1.54) is 47.4 Å². The average Bonchev–Trinajstić information content (AvgIpc) is 2.90. The topological polar surface area (TPSA) is 57.7 Å². The van der Waals surface area contributed by atoms with Crippen molar-refractivity contribution in [3.63, 3.8) is 0 Å². The van der Waals surface area contributed by atoms with Gasteiger partial charge in [-0.2, -0.15) is 4.31 Å². The number of nitrogens with zero attached hydrogens (tertiary/aromatic N) is 2. The van der Waals surface area contributed by atoms with E-state index in [4.69, 9.17) is 11.6 Å². The highest BCUT2D eigenvalue weighted by Crippen LogP contribution is 2.25. The summed E-state index contributed by atoms with van der Waals surface area (Å²) in [6, 6.07) is 9.00. The van der Waals surface area contributed by atoms with Crippen LogP contribution in [0.1, 0.15) is 16.8 Å². The lowest BCUT2D eigenvalue weighted by molar-refractivity contribution is 0.0764. The van der Waals surface area contributed by atoms with Gasteiger partial charge in [-0.1, -0.05) is 17.7 Å². The molecule has 0 spiro atoms. The van der Waals surface area contributed by atoms with Crippen molar-refractivity contribution in [3.8, 4) is 0 Å². The number of benzene rings is 2. The second kappa shape index (κ2) is 7.92. The molecule has 0 radical (unpaired) electrons. The van der Waals surface area contributed by atoms with Gasteiger partial charge in [-0.15, -0.1) is 0 Å². The number of carbonyl (C=O) groups is 1. The fourth-order valence-corrected chi connectivity index (χ4v) is 4.72. The summed E-state index contributed by atoms with van der Waals surface area (Å²) in [5, 5.41) is -0.265. The minimum Gasteiger partial charge on any atom is -0.337 e. The van der Waals surface area contributed by atoms with Crippen LogP contribution in [0.25, 0.3) is 0 Å². The highest BCUT2D eigenvalue weighted by Gasteiger charge is 2.31. The van der Waals surface area contributed by atoms with Crippen molar-refractivity contribution in [1.29, 1.82) is 0 Å². The Balaban J connectivity index is 1.77. The molecule has 144 valence electrons. The van der Waals surface area contributed by atoms with Crippen molar-refractivity contribution >= 4 is 27.5 Å². The van der Waals surface area contributed by atoms with Crippen molar-refractivity contribution in [3.05, 3.63) is 64.7 Å². The summed E-state index contributed by atoms with van der Waals surface area (Å²) in [6.07, 6.45) is 0.397. The van der Waals surface area contributed by atoms with Crippen LogP contribution in [0.2, 0.25) is 5.02 Å². The number of halogens is 3. The predicted octanol–water partition coefficient (Wildman–Crippen LogP) is 3.16. The van der Waals surface area contributed by atoms with Gasteiger partial charge in [0, 0.05) is 31.7 Å². The quantitative estimate of drug-likeness (QED) is 0.775. The van der Waals surface area contributed by atoms with E-state index in [0.717, 1.165) is 4.31 Å². The summed E-state index contributed by atoms with van der Waals surface area (Å²) in [6.45, 7) is 0.681. The Labute approximate surface area is 161 Å². The van der Waals surface area contributed by atoms with E-state index in [-0.39, 0.29) is 30.6 Å². The zero-order valence-electron chi connectivity index (χ0n) is 14.2. The van der Waals surface area contributed by atoms with Gasteiger partial charge >= 0.3 is 0 Å². The van der Waals surface area contributed by atoms with Crippen molar-refractivity contribution in [2.24, 2.45) is 0 Å². The smallest absolute Gasteiger partial charge is 0.253 e. The summed E-state index contributed by atoms with van der Waals surface area (Å²) >= 11 is 5.70. The third-order valence-corrected chi connectivity index (χ3v) is 6.58. The van der Waals surface area contributed by atoms with Crippen LogP contribution >= 0.6 is 11.6 Å². The van der Waals surface area contributed by atoms with E-state index in [0.29, 0.717) is 18.5 Å². The van der Waals surface area contributed by atoms with Gasteiger partial charge in [0.25, 0.3) is 5.91 Å². The molecule has 0 saturated carbocycles. The first kappa shape index (κ1) is 19.7. The summed E-state index contributed by atoms with van der Waals surface area (Å²) < 4.78 is 53.9. The monoisotopic (exact) mass is 414 g/mol. The Morgan fingerprint density at radius 1 is 0.963 bits per heavy atom. The maximum absolute atomic E-state index is 14.2. The number of carbonyl (C=O) groups excluding carboxylic acids is 1. The highest BCUT2D eigenvalue weighted by molar-refractivity contribution is 7.89. The van der Waals surface area contributed by atoms with Gasteiger partial charge in [0.15, 0.2) is 5.82 Å². The molecule has 0 aliphatic carbocycles. The lowest BCUT2D eigenvalue weighted by Crippen LogP contribution is -2.37. The van der Waals surface area contributed by atoms with Gasteiger partial charge < -0.3 is 4.90 Å². The molecule has 1 aliphatic heterocycles. The van der Waals surface area contributed by atoms with E-state index >= 15 is 0 Å². The largest absolute Gasteiger partial charge is 0.337 e. The molecular weight excluding hydrogens is 398 g/mol. The van der Waals surface area contributed by atoms with Gasteiger partial charge in [0.1, 0.15) is 10.7 Å². The third kappa shape index (κ3) is 4.12. The molecule has 1 fully saturated rings. The van der Waals surface area contributed by atoms with Crippen molar-refractivity contribution in [2.75, 3.05) is 26.2 Å². The zero-order valence-corrected chi connectivity index (χ0v) is 15.8. The number of hydrogen-bond donors (Lipinski definition) is 0. The van der Waals surface area contributed by atoms with Gasteiger partial charge in [-0.3, -0.25) is 4.79 Å². The summed E-state index contributed by atoms with van der Waals surface area (Å²) in [7, 11) is -4.07. The predicted molar refractivity (Wildman–Crippen MR) is 97.1 cm³/mol. The normalized spacial score (nSPS) is 16.2. The van der Waals surface area contributed by atoms with Crippen LogP contribution in [0.15, 0.2) is 47.4 Å². The standard InChI is InChI=1S/C18H17ClF2N2O3S/c19-15-3-1-4-16(17(15)21)27(25,26)23-10-2-9-22(11-12-23)18(24)13-5-7-14(20)8-6-13/h1,3-8H,2,9-12H2. The van der Waals surface area contributed by atoms with Crippen LogP contribution < -0.4 is 0 Å². The molecule has 0 bridgehead atoms. The van der Waals surface area contributed by atoms with Gasteiger partial charge in [0.05, 0.1) is 5.02 Å². The minimum atomic E-state index is -4.07. The molecule has 1 saturated heterocycles. The number of rotatable bonds is 3. The highest BCUT2D eigenvalue weighted by atomic mass is 35.5. The summed E-state index contributed by atoms with van der Waals surface area (Å²) in [5.41, 5.74) is 0.327. The van der Waals surface area contributed by atoms with Gasteiger partial charge in [0.2, 0.25) is 10.0 Å². The fraction of sp³-hybridized carbons (Fsp3) is 0.278. The fourth-order valence-electron chi connectivity index (χ4n) is 2.93. The molecule has 2 aromatic carbocycles. The SMILES string of the molecule is O=C(c1ccc(F)cc1)N1CCCN(S(=O)(=O)c2cccc(Cl)c2F)CC1. The van der Waals surface area contributed by atoms with Crippen LogP contribution in [0.4, 0.5) is 8.78 Å². The Hall–Kier alpha value is -2.03. The van der Waals surface area contributed by atoms with Crippen molar-refractivity contribution in [2.45, 2.75) is 11.3 Å². The lowest BCUT2D eigenvalue weighted by Gasteiger charge is -2.22. The molecule has 1 aliphatic rings. The van der Waals surface area contributed by atoms with E-state index in [1.807, 2.05) is 0 Å².